The molecule has 3 rings (SSSR count). The van der Waals surface area contributed by atoms with E-state index in [0.717, 1.165) is 31.7 Å². The van der Waals surface area contributed by atoms with Crippen molar-refractivity contribution in [2.24, 2.45) is 11.3 Å². The lowest BCUT2D eigenvalue weighted by atomic mass is 9.86. The van der Waals surface area contributed by atoms with Crippen LogP contribution in [-0.2, 0) is 4.74 Å². The summed E-state index contributed by atoms with van der Waals surface area (Å²) in [6, 6.07) is 0.907. The Balaban J connectivity index is 1.59. The van der Waals surface area contributed by atoms with Crippen LogP contribution in [0.3, 0.4) is 0 Å². The standard InChI is InChI=1S/C14H26N2O/c1-15-9-14(6-7-17-11-14)10-16(13-4-5-13)8-12-2-3-12/h12-13,15H,2-11H2,1H3. The molecule has 17 heavy (non-hydrogen) atoms. The van der Waals surface area contributed by atoms with Gasteiger partial charge in [0.25, 0.3) is 0 Å². The van der Waals surface area contributed by atoms with Gasteiger partial charge in [-0.05, 0) is 45.1 Å². The fourth-order valence-electron chi connectivity index (χ4n) is 3.19. The lowest BCUT2D eigenvalue weighted by Gasteiger charge is -2.34. The summed E-state index contributed by atoms with van der Waals surface area (Å²) < 4.78 is 5.67. The van der Waals surface area contributed by atoms with Gasteiger partial charge in [-0.1, -0.05) is 0 Å². The van der Waals surface area contributed by atoms with Crippen molar-refractivity contribution in [3.8, 4) is 0 Å². The van der Waals surface area contributed by atoms with Crippen molar-refractivity contribution in [1.82, 2.24) is 10.2 Å². The maximum atomic E-state index is 5.67. The van der Waals surface area contributed by atoms with Gasteiger partial charge >= 0.3 is 0 Å². The first-order valence-electron chi connectivity index (χ1n) is 7.28. The van der Waals surface area contributed by atoms with Gasteiger partial charge in [0.15, 0.2) is 0 Å². The molecule has 0 aromatic carbocycles. The van der Waals surface area contributed by atoms with Crippen LogP contribution in [0.1, 0.15) is 32.1 Å². The Bertz CT molecular complexity index is 255. The molecule has 98 valence electrons. The summed E-state index contributed by atoms with van der Waals surface area (Å²) in [5, 5.41) is 3.38. The van der Waals surface area contributed by atoms with Crippen molar-refractivity contribution >= 4 is 0 Å². The van der Waals surface area contributed by atoms with Crippen molar-refractivity contribution in [3.05, 3.63) is 0 Å². The van der Waals surface area contributed by atoms with E-state index in [1.54, 1.807) is 0 Å². The maximum absolute atomic E-state index is 5.67. The van der Waals surface area contributed by atoms with Gasteiger partial charge in [-0.2, -0.15) is 0 Å². The summed E-state index contributed by atoms with van der Waals surface area (Å²) in [6.07, 6.45) is 7.05. The molecule has 3 heteroatoms. The van der Waals surface area contributed by atoms with Gasteiger partial charge in [-0.3, -0.25) is 4.90 Å². The Hall–Kier alpha value is -0.120. The molecule has 2 aliphatic carbocycles. The van der Waals surface area contributed by atoms with Crippen LogP contribution in [0.25, 0.3) is 0 Å². The van der Waals surface area contributed by atoms with Crippen molar-refractivity contribution in [1.29, 1.82) is 0 Å². The summed E-state index contributed by atoms with van der Waals surface area (Å²) in [6.45, 7) is 5.65. The van der Waals surface area contributed by atoms with Crippen molar-refractivity contribution in [2.45, 2.75) is 38.1 Å². The zero-order valence-corrected chi connectivity index (χ0v) is 11.1. The van der Waals surface area contributed by atoms with Crippen molar-refractivity contribution in [3.63, 3.8) is 0 Å². The third-order valence-electron chi connectivity index (χ3n) is 4.53. The number of ether oxygens (including phenoxy) is 1. The van der Waals surface area contributed by atoms with E-state index >= 15 is 0 Å². The third-order valence-corrected chi connectivity index (χ3v) is 4.53. The Morgan fingerprint density at radius 1 is 1.29 bits per heavy atom. The molecule has 0 amide bonds. The Morgan fingerprint density at radius 3 is 2.65 bits per heavy atom. The number of nitrogens with one attached hydrogen (secondary N) is 1. The van der Waals surface area contributed by atoms with Crippen LogP contribution in [0.4, 0.5) is 0 Å². The molecule has 1 unspecified atom stereocenters. The largest absolute Gasteiger partial charge is 0.381 e. The highest BCUT2D eigenvalue weighted by Gasteiger charge is 2.41. The Morgan fingerprint density at radius 2 is 2.12 bits per heavy atom. The minimum Gasteiger partial charge on any atom is -0.381 e. The molecule has 3 fully saturated rings. The first-order valence-corrected chi connectivity index (χ1v) is 7.28. The molecular weight excluding hydrogens is 212 g/mol. The molecule has 2 saturated carbocycles. The van der Waals surface area contributed by atoms with Crippen LogP contribution in [0.15, 0.2) is 0 Å². The molecule has 0 aromatic heterocycles. The minimum absolute atomic E-state index is 0.395. The van der Waals surface area contributed by atoms with Crippen molar-refractivity contribution < 1.29 is 4.74 Å². The number of rotatable bonds is 7. The molecular formula is C14H26N2O. The predicted octanol–water partition coefficient (Wildman–Crippen LogP) is 1.49. The normalized spacial score (nSPS) is 33.5. The molecule has 1 saturated heterocycles. The molecule has 1 atom stereocenters. The summed E-state index contributed by atoms with van der Waals surface area (Å²) in [5.74, 6) is 1.02. The second kappa shape index (κ2) is 4.87. The second-order valence-corrected chi connectivity index (χ2v) is 6.44. The fraction of sp³-hybridized carbons (Fsp3) is 1.00. The first kappa shape index (κ1) is 11.9. The number of hydrogen-bond acceptors (Lipinski definition) is 3. The second-order valence-electron chi connectivity index (χ2n) is 6.44. The van der Waals surface area contributed by atoms with E-state index in [4.69, 9.17) is 4.74 Å². The maximum Gasteiger partial charge on any atom is 0.0547 e. The van der Waals surface area contributed by atoms with E-state index in [1.807, 2.05) is 0 Å². The smallest absolute Gasteiger partial charge is 0.0547 e. The average molecular weight is 238 g/mol. The average Bonchev–Trinajstić information content (AvgIpc) is 3.20. The van der Waals surface area contributed by atoms with E-state index in [0.29, 0.717) is 5.41 Å². The molecule has 3 aliphatic rings. The van der Waals surface area contributed by atoms with E-state index in [9.17, 15) is 0 Å². The third kappa shape index (κ3) is 3.01. The molecule has 0 spiro atoms. The van der Waals surface area contributed by atoms with Gasteiger partial charge in [0.1, 0.15) is 0 Å². The number of nitrogens with zero attached hydrogens (tertiary/aromatic N) is 1. The quantitative estimate of drug-likeness (QED) is 0.727. The van der Waals surface area contributed by atoms with Crippen LogP contribution < -0.4 is 5.32 Å². The highest BCUT2D eigenvalue weighted by Crippen LogP contribution is 2.38. The van der Waals surface area contributed by atoms with Crippen LogP contribution in [0.5, 0.6) is 0 Å². The SMILES string of the molecule is CNCC1(CN(CC2CC2)C2CC2)CCOC1. The van der Waals surface area contributed by atoms with Crippen LogP contribution in [-0.4, -0.2) is 50.8 Å². The van der Waals surface area contributed by atoms with Gasteiger partial charge in [0, 0.05) is 37.7 Å². The molecule has 1 heterocycles. The van der Waals surface area contributed by atoms with Crippen LogP contribution in [0.2, 0.25) is 0 Å². The zero-order chi connectivity index (χ0) is 11.7. The minimum atomic E-state index is 0.395. The topological polar surface area (TPSA) is 24.5 Å². The summed E-state index contributed by atoms with van der Waals surface area (Å²) in [4.78, 5) is 2.78. The van der Waals surface area contributed by atoms with E-state index in [1.165, 1.54) is 45.2 Å². The molecule has 0 radical (unpaired) electrons. The van der Waals surface area contributed by atoms with Crippen LogP contribution in [0, 0.1) is 11.3 Å². The van der Waals surface area contributed by atoms with Gasteiger partial charge in [0.05, 0.1) is 6.61 Å². The van der Waals surface area contributed by atoms with Gasteiger partial charge in [-0.25, -0.2) is 0 Å². The molecule has 0 bridgehead atoms. The molecule has 0 aromatic rings. The first-order chi connectivity index (χ1) is 8.31. The van der Waals surface area contributed by atoms with Crippen molar-refractivity contribution in [2.75, 3.05) is 39.9 Å². The lowest BCUT2D eigenvalue weighted by molar-refractivity contribution is 0.103. The lowest BCUT2D eigenvalue weighted by Crippen LogP contribution is -2.45. The monoisotopic (exact) mass is 238 g/mol. The molecule has 1 N–H and O–H groups in total. The summed E-state index contributed by atoms with van der Waals surface area (Å²) >= 11 is 0. The van der Waals surface area contributed by atoms with E-state index in [2.05, 4.69) is 17.3 Å². The van der Waals surface area contributed by atoms with Gasteiger partial charge in [0.2, 0.25) is 0 Å². The van der Waals surface area contributed by atoms with E-state index < -0.39 is 0 Å². The molecule has 3 nitrogen and oxygen atoms in total. The predicted molar refractivity (Wildman–Crippen MR) is 69.1 cm³/mol. The summed E-state index contributed by atoms with van der Waals surface area (Å²) in [7, 11) is 2.07. The van der Waals surface area contributed by atoms with Gasteiger partial charge < -0.3 is 10.1 Å². The fourth-order valence-corrected chi connectivity index (χ4v) is 3.19. The zero-order valence-electron chi connectivity index (χ0n) is 11.1. The Labute approximate surface area is 105 Å². The Kier molecular flexibility index (Phi) is 3.42. The number of hydrogen-bond donors (Lipinski definition) is 1. The van der Waals surface area contributed by atoms with E-state index in [-0.39, 0.29) is 0 Å². The summed E-state index contributed by atoms with van der Waals surface area (Å²) in [5.41, 5.74) is 0.395. The van der Waals surface area contributed by atoms with Crippen LogP contribution >= 0.6 is 0 Å². The van der Waals surface area contributed by atoms with Gasteiger partial charge in [-0.15, -0.1) is 0 Å². The highest BCUT2D eigenvalue weighted by atomic mass is 16.5. The molecule has 1 aliphatic heterocycles. The highest BCUT2D eigenvalue weighted by molar-refractivity contribution is 4.95.